The van der Waals surface area contributed by atoms with Crippen molar-refractivity contribution in [1.29, 1.82) is 0 Å². The molecule has 3 rings (SSSR count). The molecular weight excluding hydrogens is 380 g/mol. The Labute approximate surface area is 167 Å². The van der Waals surface area contributed by atoms with Gasteiger partial charge < -0.3 is 9.57 Å². The number of hydrogen-bond acceptors (Lipinski definition) is 4. The van der Waals surface area contributed by atoms with Crippen molar-refractivity contribution in [1.82, 2.24) is 0 Å². The maximum atomic E-state index is 12.6. The van der Waals surface area contributed by atoms with Crippen LogP contribution in [0.2, 0.25) is 5.02 Å². The number of aryl methyl sites for hydroxylation is 1. The fraction of sp³-hybridized carbons (Fsp3) is 0.0476. The monoisotopic (exact) mass is 396 g/mol. The highest BCUT2D eigenvalue weighted by Crippen LogP contribution is 2.21. The number of carbonyl (C=O) groups is 2. The summed E-state index contributed by atoms with van der Waals surface area (Å²) in [6, 6.07) is 21.9. The molecule has 0 radical (unpaired) electrons. The molecule has 0 aromatic heterocycles. The summed E-state index contributed by atoms with van der Waals surface area (Å²) in [7, 11) is 0. The first kappa shape index (κ1) is 19.3. The van der Waals surface area contributed by atoms with Gasteiger partial charge in [-0.15, -0.1) is 5.06 Å². The van der Waals surface area contributed by atoms with Crippen molar-refractivity contribution in [3.8, 4) is 5.75 Å². The van der Waals surface area contributed by atoms with Gasteiger partial charge in [0.15, 0.2) is 0 Å². The summed E-state index contributed by atoms with van der Waals surface area (Å²) in [6.07, 6.45) is -1.71. The van der Waals surface area contributed by atoms with E-state index in [1.807, 2.05) is 6.92 Å². The van der Waals surface area contributed by atoms with Crippen molar-refractivity contribution in [2.45, 2.75) is 6.92 Å². The van der Waals surface area contributed by atoms with Gasteiger partial charge in [0.1, 0.15) is 5.75 Å². The molecule has 0 bridgehead atoms. The molecule has 0 unspecified atom stereocenters. The van der Waals surface area contributed by atoms with E-state index in [0.29, 0.717) is 22.1 Å². The molecule has 0 atom stereocenters. The molecule has 142 valence electrons. The van der Waals surface area contributed by atoms with E-state index in [4.69, 9.17) is 21.2 Å². The van der Waals surface area contributed by atoms with E-state index in [9.17, 15) is 9.59 Å². The molecule has 2 amide bonds. The van der Waals surface area contributed by atoms with Gasteiger partial charge in [0.25, 0.3) is 0 Å². The molecule has 0 aliphatic rings. The zero-order valence-electron chi connectivity index (χ0n) is 15.0. The zero-order valence-corrected chi connectivity index (χ0v) is 15.7. The Morgan fingerprint density at radius 3 is 2.21 bits per heavy atom. The Kier molecular flexibility index (Phi) is 6.14. The van der Waals surface area contributed by atoms with E-state index in [-0.39, 0.29) is 0 Å². The number of para-hydroxylation sites is 2. The van der Waals surface area contributed by atoms with Crippen molar-refractivity contribution in [3.05, 3.63) is 89.4 Å². The molecule has 3 aromatic rings. The lowest BCUT2D eigenvalue weighted by Gasteiger charge is -2.20. The zero-order chi connectivity index (χ0) is 19.9. The Morgan fingerprint density at radius 1 is 0.929 bits per heavy atom. The number of carbonyl (C=O) groups excluding carboxylic acids is 2. The lowest BCUT2D eigenvalue weighted by molar-refractivity contribution is 0.131. The predicted octanol–water partition coefficient (Wildman–Crippen LogP) is 5.82. The Bertz CT molecular complexity index is 965. The van der Waals surface area contributed by atoms with Crippen molar-refractivity contribution < 1.29 is 19.2 Å². The maximum Gasteiger partial charge on any atom is 0.453 e. The Morgan fingerprint density at radius 2 is 1.57 bits per heavy atom. The van der Waals surface area contributed by atoms with E-state index in [0.717, 1.165) is 10.6 Å². The first-order chi connectivity index (χ1) is 13.5. The standard InChI is InChI=1S/C21H17ClN2O4/c1-15-14-16(12-13-19(15)22)23-20(25)28-24(17-8-4-2-5-9-17)21(26)27-18-10-6-3-7-11-18/h2-14H,1H3,(H,23,25). The van der Waals surface area contributed by atoms with E-state index < -0.39 is 12.2 Å². The van der Waals surface area contributed by atoms with Crippen LogP contribution in [0.3, 0.4) is 0 Å². The van der Waals surface area contributed by atoms with E-state index in [1.165, 1.54) is 0 Å². The molecule has 0 saturated heterocycles. The fourth-order valence-electron chi connectivity index (χ4n) is 2.34. The highest BCUT2D eigenvalue weighted by Gasteiger charge is 2.23. The van der Waals surface area contributed by atoms with Crippen molar-refractivity contribution in [2.75, 3.05) is 10.4 Å². The second-order valence-electron chi connectivity index (χ2n) is 5.78. The minimum Gasteiger partial charge on any atom is -0.408 e. The van der Waals surface area contributed by atoms with Crippen LogP contribution in [-0.2, 0) is 4.84 Å². The minimum absolute atomic E-state index is 0.325. The second-order valence-corrected chi connectivity index (χ2v) is 6.19. The molecule has 0 saturated carbocycles. The first-order valence-corrected chi connectivity index (χ1v) is 8.78. The topological polar surface area (TPSA) is 67.9 Å². The molecule has 0 spiro atoms. The number of hydrogen-bond donors (Lipinski definition) is 1. The number of ether oxygens (including phenoxy) is 1. The number of nitrogens with one attached hydrogen (secondary N) is 1. The SMILES string of the molecule is Cc1cc(NC(=O)ON(C(=O)Oc2ccccc2)c2ccccc2)ccc1Cl. The smallest absolute Gasteiger partial charge is 0.408 e. The van der Waals surface area contributed by atoms with E-state index >= 15 is 0 Å². The van der Waals surface area contributed by atoms with Crippen LogP contribution in [0, 0.1) is 6.92 Å². The summed E-state index contributed by atoms with van der Waals surface area (Å²) in [5.74, 6) is 0.325. The van der Waals surface area contributed by atoms with Crippen LogP contribution in [-0.4, -0.2) is 12.2 Å². The third-order valence-corrected chi connectivity index (χ3v) is 4.11. The minimum atomic E-state index is -0.861. The summed E-state index contributed by atoms with van der Waals surface area (Å²) >= 11 is 5.99. The third kappa shape index (κ3) is 5.02. The van der Waals surface area contributed by atoms with Crippen LogP contribution >= 0.6 is 11.6 Å². The highest BCUT2D eigenvalue weighted by atomic mass is 35.5. The van der Waals surface area contributed by atoms with Gasteiger partial charge in [-0.1, -0.05) is 48.0 Å². The number of nitrogens with zero attached hydrogens (tertiary/aromatic N) is 1. The molecule has 3 aromatic carbocycles. The number of anilines is 2. The Hall–Kier alpha value is -3.51. The van der Waals surface area contributed by atoms with Gasteiger partial charge in [-0.25, -0.2) is 9.59 Å². The van der Waals surface area contributed by atoms with Crippen molar-refractivity contribution in [3.63, 3.8) is 0 Å². The van der Waals surface area contributed by atoms with Gasteiger partial charge >= 0.3 is 12.2 Å². The largest absolute Gasteiger partial charge is 0.453 e. The van der Waals surface area contributed by atoms with Gasteiger partial charge in [-0.3, -0.25) is 5.32 Å². The van der Waals surface area contributed by atoms with Gasteiger partial charge in [0.2, 0.25) is 0 Å². The van der Waals surface area contributed by atoms with E-state index in [1.54, 1.807) is 78.9 Å². The predicted molar refractivity (Wildman–Crippen MR) is 108 cm³/mol. The quantitative estimate of drug-likeness (QED) is 0.566. The summed E-state index contributed by atoms with van der Waals surface area (Å²) in [6.45, 7) is 1.81. The fourth-order valence-corrected chi connectivity index (χ4v) is 2.45. The van der Waals surface area contributed by atoms with Crippen LogP contribution in [0.1, 0.15) is 5.56 Å². The summed E-state index contributed by atoms with van der Waals surface area (Å²) in [4.78, 5) is 30.1. The number of benzene rings is 3. The van der Waals surface area contributed by atoms with Crippen LogP contribution in [0.15, 0.2) is 78.9 Å². The molecular formula is C21H17ClN2O4. The van der Waals surface area contributed by atoms with Crippen molar-refractivity contribution in [2.24, 2.45) is 0 Å². The van der Waals surface area contributed by atoms with Gasteiger partial charge in [-0.2, -0.15) is 0 Å². The molecule has 6 nitrogen and oxygen atoms in total. The van der Waals surface area contributed by atoms with Gasteiger partial charge in [0, 0.05) is 10.7 Å². The average Bonchev–Trinajstić information content (AvgIpc) is 2.70. The number of amides is 2. The van der Waals surface area contributed by atoms with Gasteiger partial charge in [-0.05, 0) is 55.0 Å². The number of rotatable bonds is 3. The molecule has 0 aliphatic carbocycles. The maximum absolute atomic E-state index is 12.6. The van der Waals surface area contributed by atoms with Gasteiger partial charge in [0.05, 0.1) is 5.69 Å². The van der Waals surface area contributed by atoms with Crippen molar-refractivity contribution >= 4 is 35.2 Å². The summed E-state index contributed by atoms with van der Waals surface area (Å²) in [5.41, 5.74) is 1.62. The normalized spacial score (nSPS) is 10.1. The molecule has 0 fully saturated rings. The first-order valence-electron chi connectivity index (χ1n) is 8.40. The van der Waals surface area contributed by atoms with E-state index in [2.05, 4.69) is 5.32 Å². The van der Waals surface area contributed by atoms with Crippen LogP contribution in [0.25, 0.3) is 0 Å². The molecule has 7 heteroatoms. The summed E-state index contributed by atoms with van der Waals surface area (Å²) in [5, 5.41) is 3.92. The summed E-state index contributed by atoms with van der Waals surface area (Å²) < 4.78 is 5.28. The lowest BCUT2D eigenvalue weighted by atomic mass is 10.2. The van der Waals surface area contributed by atoms with Crippen LogP contribution in [0.4, 0.5) is 21.0 Å². The molecule has 0 heterocycles. The van der Waals surface area contributed by atoms with Crippen LogP contribution in [0.5, 0.6) is 5.75 Å². The number of hydroxylamine groups is 1. The third-order valence-electron chi connectivity index (χ3n) is 3.68. The van der Waals surface area contributed by atoms with Crippen LogP contribution < -0.4 is 15.1 Å². The lowest BCUT2D eigenvalue weighted by Crippen LogP contribution is -2.37. The molecule has 1 N–H and O–H groups in total. The highest BCUT2D eigenvalue weighted by molar-refractivity contribution is 6.31. The average molecular weight is 397 g/mol. The Balaban J connectivity index is 1.76. The second kappa shape index (κ2) is 8.92. The number of halogens is 1. The molecule has 28 heavy (non-hydrogen) atoms. The molecule has 0 aliphatic heterocycles.